The number of amides is 1. The molecule has 0 fully saturated rings. The van der Waals surface area contributed by atoms with E-state index in [1.54, 1.807) is 0 Å². The fourth-order valence-corrected chi connectivity index (χ4v) is 3.36. The number of carbonyl (C=O) groups excluding carboxylic acids is 1. The van der Waals surface area contributed by atoms with Crippen LogP contribution in [0.5, 0.6) is 5.75 Å². The first-order valence-corrected chi connectivity index (χ1v) is 9.89. The van der Waals surface area contributed by atoms with Gasteiger partial charge in [-0.05, 0) is 44.5 Å². The predicted molar refractivity (Wildman–Crippen MR) is 97.9 cm³/mol. The lowest BCUT2D eigenvalue weighted by Gasteiger charge is -2.39. The predicted octanol–water partition coefficient (Wildman–Crippen LogP) is 3.48. The summed E-state index contributed by atoms with van der Waals surface area (Å²) < 4.78 is 59.5. The van der Waals surface area contributed by atoms with Gasteiger partial charge in [-0.1, -0.05) is 0 Å². The van der Waals surface area contributed by atoms with E-state index < -0.39 is 33.2 Å². The molecule has 0 aromatic heterocycles. The standard InChI is InChI=1S/C18H18F2N2O4S/c1-10-7-13(20)15(9-12(10)19)22-14-6-5-11(21-27(4,24)25)8-16(14)26-18(2,3)17(22)23/h5-9,21H,1-4H3. The Labute approximate surface area is 155 Å². The Bertz CT molecular complexity index is 1050. The molecule has 0 unspecified atom stereocenters. The van der Waals surface area contributed by atoms with Gasteiger partial charge < -0.3 is 4.74 Å². The summed E-state index contributed by atoms with van der Waals surface area (Å²) in [5.74, 6) is -1.83. The van der Waals surface area contributed by atoms with Crippen molar-refractivity contribution in [3.8, 4) is 5.75 Å². The second-order valence-electron chi connectivity index (χ2n) is 6.86. The summed E-state index contributed by atoms with van der Waals surface area (Å²) in [5.41, 5.74) is -1.10. The first-order valence-electron chi connectivity index (χ1n) is 8.00. The number of halogens is 2. The minimum absolute atomic E-state index is 0.115. The van der Waals surface area contributed by atoms with Crippen molar-refractivity contribution in [3.05, 3.63) is 47.5 Å². The molecule has 0 radical (unpaired) electrons. The third-order valence-electron chi connectivity index (χ3n) is 4.06. The second-order valence-corrected chi connectivity index (χ2v) is 8.61. The molecule has 1 aliphatic rings. The molecule has 2 aromatic rings. The van der Waals surface area contributed by atoms with Crippen molar-refractivity contribution in [3.63, 3.8) is 0 Å². The molecule has 1 N–H and O–H groups in total. The Balaban J connectivity index is 2.19. The number of fused-ring (bicyclic) bond motifs is 1. The molecular formula is C18H18F2N2O4S. The molecule has 9 heteroatoms. The highest BCUT2D eigenvalue weighted by Crippen LogP contribution is 2.44. The molecule has 0 aliphatic carbocycles. The molecule has 144 valence electrons. The summed E-state index contributed by atoms with van der Waals surface area (Å²) in [5, 5.41) is 0. The van der Waals surface area contributed by atoms with Crippen LogP contribution in [0.15, 0.2) is 30.3 Å². The maximum Gasteiger partial charge on any atom is 0.275 e. The lowest BCUT2D eigenvalue weighted by molar-refractivity contribution is -0.131. The van der Waals surface area contributed by atoms with E-state index in [0.29, 0.717) is 0 Å². The maximum atomic E-state index is 14.5. The average molecular weight is 396 g/mol. The van der Waals surface area contributed by atoms with Gasteiger partial charge in [-0.3, -0.25) is 14.4 Å². The number of hydrogen-bond acceptors (Lipinski definition) is 4. The van der Waals surface area contributed by atoms with Crippen molar-refractivity contribution in [2.45, 2.75) is 26.4 Å². The summed E-state index contributed by atoms with van der Waals surface area (Å²) in [7, 11) is -3.52. The number of nitrogens with zero attached hydrogens (tertiary/aromatic N) is 1. The van der Waals surface area contributed by atoms with Crippen molar-refractivity contribution in [1.29, 1.82) is 0 Å². The van der Waals surface area contributed by atoms with E-state index in [1.807, 2.05) is 0 Å². The molecular weight excluding hydrogens is 378 g/mol. The Hall–Kier alpha value is -2.68. The summed E-state index contributed by atoms with van der Waals surface area (Å²) >= 11 is 0. The van der Waals surface area contributed by atoms with Gasteiger partial charge in [-0.15, -0.1) is 0 Å². The fourth-order valence-electron chi connectivity index (χ4n) is 2.80. The van der Waals surface area contributed by atoms with Gasteiger partial charge in [0.25, 0.3) is 5.91 Å². The number of nitrogens with one attached hydrogen (secondary N) is 1. The van der Waals surface area contributed by atoms with Crippen molar-refractivity contribution < 1.29 is 26.7 Å². The molecule has 0 saturated carbocycles. The number of ether oxygens (including phenoxy) is 1. The largest absolute Gasteiger partial charge is 0.476 e. The third kappa shape index (κ3) is 3.59. The van der Waals surface area contributed by atoms with E-state index in [4.69, 9.17) is 4.74 Å². The monoisotopic (exact) mass is 396 g/mol. The number of rotatable bonds is 3. The van der Waals surface area contributed by atoms with Gasteiger partial charge in [-0.25, -0.2) is 17.2 Å². The number of carbonyl (C=O) groups is 1. The molecule has 3 rings (SSSR count). The molecule has 0 atom stereocenters. The summed E-state index contributed by atoms with van der Waals surface area (Å²) in [6.07, 6.45) is 0.998. The summed E-state index contributed by atoms with van der Waals surface area (Å²) in [6, 6.07) is 6.17. The molecule has 0 saturated heterocycles. The van der Waals surface area contributed by atoms with Gasteiger partial charge in [0, 0.05) is 12.1 Å². The van der Waals surface area contributed by atoms with Gasteiger partial charge in [0.2, 0.25) is 10.0 Å². The van der Waals surface area contributed by atoms with Crippen LogP contribution in [0.25, 0.3) is 0 Å². The summed E-state index contributed by atoms with van der Waals surface area (Å²) in [4.78, 5) is 13.9. The quantitative estimate of drug-likeness (QED) is 0.862. The SMILES string of the molecule is Cc1cc(F)c(N2C(=O)C(C)(C)Oc3cc(NS(C)(=O)=O)ccc32)cc1F. The summed E-state index contributed by atoms with van der Waals surface area (Å²) in [6.45, 7) is 4.40. The molecule has 1 amide bonds. The first-order chi connectivity index (χ1) is 12.4. The van der Waals surface area contributed by atoms with Crippen LogP contribution in [0.1, 0.15) is 19.4 Å². The van der Waals surface area contributed by atoms with Crippen LogP contribution < -0.4 is 14.4 Å². The average Bonchev–Trinajstić information content (AvgIpc) is 2.51. The molecule has 6 nitrogen and oxygen atoms in total. The molecule has 27 heavy (non-hydrogen) atoms. The zero-order valence-corrected chi connectivity index (χ0v) is 15.9. The fraction of sp³-hybridized carbons (Fsp3) is 0.278. The van der Waals surface area contributed by atoms with Crippen LogP contribution in [-0.4, -0.2) is 26.2 Å². The molecule has 1 aliphatic heterocycles. The van der Waals surface area contributed by atoms with Crippen LogP contribution in [-0.2, 0) is 14.8 Å². The van der Waals surface area contributed by atoms with Gasteiger partial charge in [-0.2, -0.15) is 0 Å². The van der Waals surface area contributed by atoms with E-state index in [-0.39, 0.29) is 28.4 Å². The van der Waals surface area contributed by atoms with Crippen LogP contribution in [0.3, 0.4) is 0 Å². The van der Waals surface area contributed by atoms with E-state index >= 15 is 0 Å². The lowest BCUT2D eigenvalue weighted by Crippen LogP contribution is -2.50. The number of hydrogen-bond donors (Lipinski definition) is 1. The minimum atomic E-state index is -3.52. The van der Waals surface area contributed by atoms with Crippen LogP contribution in [0.4, 0.5) is 25.8 Å². The third-order valence-corrected chi connectivity index (χ3v) is 4.66. The zero-order chi connectivity index (χ0) is 20.1. The highest BCUT2D eigenvalue weighted by Gasteiger charge is 2.42. The van der Waals surface area contributed by atoms with Crippen molar-refractivity contribution >= 4 is 33.0 Å². The Kier molecular flexibility index (Phi) is 4.38. The van der Waals surface area contributed by atoms with Crippen LogP contribution in [0.2, 0.25) is 0 Å². The number of benzene rings is 2. The van der Waals surface area contributed by atoms with Gasteiger partial charge in [0.05, 0.1) is 23.3 Å². The zero-order valence-electron chi connectivity index (χ0n) is 15.1. The number of anilines is 3. The molecule has 0 bridgehead atoms. The van der Waals surface area contributed by atoms with E-state index in [1.165, 1.54) is 39.0 Å². The van der Waals surface area contributed by atoms with Crippen LogP contribution >= 0.6 is 0 Å². The maximum absolute atomic E-state index is 14.5. The highest BCUT2D eigenvalue weighted by molar-refractivity contribution is 7.92. The number of sulfonamides is 1. The van der Waals surface area contributed by atoms with Gasteiger partial charge >= 0.3 is 0 Å². The molecule has 1 heterocycles. The van der Waals surface area contributed by atoms with Gasteiger partial charge in [0.1, 0.15) is 17.4 Å². The normalized spacial score (nSPS) is 15.9. The Morgan fingerprint density at radius 2 is 1.74 bits per heavy atom. The van der Waals surface area contributed by atoms with Crippen molar-refractivity contribution in [2.24, 2.45) is 0 Å². The molecule has 0 spiro atoms. The Morgan fingerprint density at radius 3 is 2.37 bits per heavy atom. The Morgan fingerprint density at radius 1 is 1.07 bits per heavy atom. The van der Waals surface area contributed by atoms with Crippen molar-refractivity contribution in [1.82, 2.24) is 0 Å². The minimum Gasteiger partial charge on any atom is -0.476 e. The highest BCUT2D eigenvalue weighted by atomic mass is 32.2. The second kappa shape index (κ2) is 6.19. The van der Waals surface area contributed by atoms with Gasteiger partial charge in [0.15, 0.2) is 5.60 Å². The first kappa shape index (κ1) is 19.1. The van der Waals surface area contributed by atoms with E-state index in [9.17, 15) is 22.0 Å². The smallest absolute Gasteiger partial charge is 0.275 e. The van der Waals surface area contributed by atoms with E-state index in [2.05, 4.69) is 4.72 Å². The lowest BCUT2D eigenvalue weighted by atomic mass is 10.0. The number of aryl methyl sites for hydroxylation is 1. The van der Waals surface area contributed by atoms with E-state index in [0.717, 1.165) is 23.3 Å². The van der Waals surface area contributed by atoms with Crippen LogP contribution in [0, 0.1) is 18.6 Å². The molecule has 2 aromatic carbocycles. The van der Waals surface area contributed by atoms with Crippen molar-refractivity contribution in [2.75, 3.05) is 15.9 Å². The topological polar surface area (TPSA) is 75.7 Å².